The molecule has 13 heavy (non-hydrogen) atoms. The van der Waals surface area contributed by atoms with Gasteiger partial charge in [0, 0.05) is 6.04 Å². The standard InChI is InChI=1S/C10H21NOS/c1-4-6-7-9(3)11-10(13)12-8-5-2/h9H,4-8H2,1-3H3,(H,11,13). The Morgan fingerprint density at radius 1 is 1.38 bits per heavy atom. The van der Waals surface area contributed by atoms with Crippen molar-refractivity contribution in [3.05, 3.63) is 0 Å². The van der Waals surface area contributed by atoms with Gasteiger partial charge in [-0.15, -0.1) is 0 Å². The first kappa shape index (κ1) is 12.7. The van der Waals surface area contributed by atoms with E-state index >= 15 is 0 Å². The molecule has 1 N–H and O–H groups in total. The quantitative estimate of drug-likeness (QED) is 0.671. The highest BCUT2D eigenvalue weighted by atomic mass is 32.1. The van der Waals surface area contributed by atoms with Crippen LogP contribution in [0, 0.1) is 0 Å². The second kappa shape index (κ2) is 8.30. The number of hydrogen-bond donors (Lipinski definition) is 1. The molecule has 0 aliphatic rings. The Bertz CT molecular complexity index is 139. The lowest BCUT2D eigenvalue weighted by Gasteiger charge is -2.15. The smallest absolute Gasteiger partial charge is 0.256 e. The van der Waals surface area contributed by atoms with Gasteiger partial charge in [0.25, 0.3) is 5.17 Å². The minimum Gasteiger partial charge on any atom is -0.471 e. The molecule has 0 aromatic carbocycles. The van der Waals surface area contributed by atoms with Gasteiger partial charge < -0.3 is 10.1 Å². The molecule has 1 atom stereocenters. The third-order valence-corrected chi connectivity index (χ3v) is 2.03. The van der Waals surface area contributed by atoms with E-state index in [0.29, 0.717) is 17.8 Å². The first-order valence-electron chi connectivity index (χ1n) is 5.14. The molecule has 0 amide bonds. The number of hydrogen-bond acceptors (Lipinski definition) is 2. The Labute approximate surface area is 87.0 Å². The third-order valence-electron chi connectivity index (χ3n) is 1.79. The highest BCUT2D eigenvalue weighted by Gasteiger charge is 2.03. The normalized spacial score (nSPS) is 12.2. The first-order valence-corrected chi connectivity index (χ1v) is 5.54. The van der Waals surface area contributed by atoms with Crippen LogP contribution in [0.25, 0.3) is 0 Å². The second-order valence-electron chi connectivity index (χ2n) is 3.32. The van der Waals surface area contributed by atoms with Crippen molar-refractivity contribution in [1.82, 2.24) is 5.32 Å². The Balaban J connectivity index is 3.41. The molecular weight excluding hydrogens is 182 g/mol. The van der Waals surface area contributed by atoms with Crippen LogP contribution in [-0.4, -0.2) is 17.8 Å². The van der Waals surface area contributed by atoms with Gasteiger partial charge >= 0.3 is 0 Å². The molecule has 0 saturated carbocycles. The van der Waals surface area contributed by atoms with E-state index in [1.165, 1.54) is 12.8 Å². The number of thiocarbonyl (C=S) groups is 1. The van der Waals surface area contributed by atoms with Crippen LogP contribution >= 0.6 is 12.2 Å². The van der Waals surface area contributed by atoms with Crippen molar-refractivity contribution < 1.29 is 4.74 Å². The number of nitrogens with one attached hydrogen (secondary N) is 1. The molecule has 0 spiro atoms. The van der Waals surface area contributed by atoms with Gasteiger partial charge in [0.2, 0.25) is 0 Å². The maximum absolute atomic E-state index is 5.26. The molecule has 0 aromatic heterocycles. The summed E-state index contributed by atoms with van der Waals surface area (Å²) in [6.07, 6.45) is 4.64. The molecule has 3 heteroatoms. The highest BCUT2D eigenvalue weighted by molar-refractivity contribution is 7.80. The lowest BCUT2D eigenvalue weighted by atomic mass is 10.1. The zero-order chi connectivity index (χ0) is 10.1. The van der Waals surface area contributed by atoms with E-state index in [0.717, 1.165) is 12.8 Å². The van der Waals surface area contributed by atoms with Crippen LogP contribution in [0.1, 0.15) is 46.5 Å². The molecular formula is C10H21NOS. The number of unbranched alkanes of at least 4 members (excludes halogenated alkanes) is 1. The summed E-state index contributed by atoms with van der Waals surface area (Å²) < 4.78 is 5.26. The minimum absolute atomic E-state index is 0.435. The average Bonchev–Trinajstić information content (AvgIpc) is 2.11. The van der Waals surface area contributed by atoms with Gasteiger partial charge in [-0.05, 0) is 32.0 Å². The fraction of sp³-hybridized carbons (Fsp3) is 0.900. The predicted molar refractivity (Wildman–Crippen MR) is 61.0 cm³/mol. The Hall–Kier alpha value is -0.310. The molecule has 0 aromatic rings. The molecule has 0 aliphatic heterocycles. The van der Waals surface area contributed by atoms with Crippen molar-refractivity contribution in [2.24, 2.45) is 0 Å². The van der Waals surface area contributed by atoms with Gasteiger partial charge in [-0.3, -0.25) is 0 Å². The summed E-state index contributed by atoms with van der Waals surface area (Å²) in [5.74, 6) is 0. The summed E-state index contributed by atoms with van der Waals surface area (Å²) in [7, 11) is 0. The molecule has 1 unspecified atom stereocenters. The van der Waals surface area contributed by atoms with Gasteiger partial charge in [-0.2, -0.15) is 0 Å². The lowest BCUT2D eigenvalue weighted by Crippen LogP contribution is -2.32. The van der Waals surface area contributed by atoms with Crippen LogP contribution in [0.4, 0.5) is 0 Å². The van der Waals surface area contributed by atoms with Gasteiger partial charge in [-0.1, -0.05) is 26.7 Å². The Kier molecular flexibility index (Phi) is 8.10. The molecule has 78 valence electrons. The molecule has 0 aliphatic carbocycles. The summed E-state index contributed by atoms with van der Waals surface area (Å²) in [6.45, 7) is 7.12. The van der Waals surface area contributed by atoms with Gasteiger partial charge in [0.15, 0.2) is 0 Å². The zero-order valence-corrected chi connectivity index (χ0v) is 9.75. The molecule has 0 fully saturated rings. The monoisotopic (exact) mass is 203 g/mol. The van der Waals surface area contributed by atoms with Crippen molar-refractivity contribution in [2.75, 3.05) is 6.61 Å². The largest absolute Gasteiger partial charge is 0.471 e. The van der Waals surface area contributed by atoms with Crippen molar-refractivity contribution in [3.8, 4) is 0 Å². The second-order valence-corrected chi connectivity index (χ2v) is 3.69. The van der Waals surface area contributed by atoms with Gasteiger partial charge in [0.1, 0.15) is 0 Å². The Morgan fingerprint density at radius 3 is 2.62 bits per heavy atom. The lowest BCUT2D eigenvalue weighted by molar-refractivity contribution is 0.292. The third kappa shape index (κ3) is 8.03. The summed E-state index contributed by atoms with van der Waals surface area (Å²) in [5.41, 5.74) is 0. The SMILES string of the molecule is CCCCC(C)NC(=S)OCCC. The van der Waals surface area contributed by atoms with Crippen LogP contribution in [0.15, 0.2) is 0 Å². The fourth-order valence-electron chi connectivity index (χ4n) is 1.02. The van der Waals surface area contributed by atoms with Gasteiger partial charge in [0.05, 0.1) is 6.61 Å². The molecule has 0 bridgehead atoms. The zero-order valence-electron chi connectivity index (χ0n) is 8.93. The minimum atomic E-state index is 0.435. The molecule has 2 nitrogen and oxygen atoms in total. The fourth-order valence-corrected chi connectivity index (χ4v) is 1.30. The molecule has 0 rings (SSSR count). The van der Waals surface area contributed by atoms with Crippen LogP contribution < -0.4 is 5.32 Å². The first-order chi connectivity index (χ1) is 6.20. The molecule has 0 saturated heterocycles. The maximum atomic E-state index is 5.26. The highest BCUT2D eigenvalue weighted by Crippen LogP contribution is 1.99. The van der Waals surface area contributed by atoms with E-state index in [4.69, 9.17) is 17.0 Å². The maximum Gasteiger partial charge on any atom is 0.256 e. The van der Waals surface area contributed by atoms with E-state index < -0.39 is 0 Å². The van der Waals surface area contributed by atoms with E-state index in [2.05, 4.69) is 26.1 Å². The van der Waals surface area contributed by atoms with Crippen LogP contribution in [0.2, 0.25) is 0 Å². The van der Waals surface area contributed by atoms with Crippen molar-refractivity contribution in [2.45, 2.75) is 52.5 Å². The van der Waals surface area contributed by atoms with Crippen LogP contribution in [0.5, 0.6) is 0 Å². The topological polar surface area (TPSA) is 21.3 Å². The van der Waals surface area contributed by atoms with E-state index in [9.17, 15) is 0 Å². The summed E-state index contributed by atoms with van der Waals surface area (Å²) in [4.78, 5) is 0. The number of rotatable bonds is 6. The van der Waals surface area contributed by atoms with Crippen LogP contribution in [-0.2, 0) is 4.74 Å². The van der Waals surface area contributed by atoms with E-state index in [-0.39, 0.29) is 0 Å². The number of ether oxygens (including phenoxy) is 1. The van der Waals surface area contributed by atoms with Crippen LogP contribution in [0.3, 0.4) is 0 Å². The van der Waals surface area contributed by atoms with Gasteiger partial charge in [-0.25, -0.2) is 0 Å². The van der Waals surface area contributed by atoms with Crippen molar-refractivity contribution in [3.63, 3.8) is 0 Å². The van der Waals surface area contributed by atoms with E-state index in [1.807, 2.05) is 0 Å². The molecule has 0 radical (unpaired) electrons. The summed E-state index contributed by atoms with van der Waals surface area (Å²) >= 11 is 5.01. The summed E-state index contributed by atoms with van der Waals surface area (Å²) in [5, 5.41) is 3.71. The van der Waals surface area contributed by atoms with E-state index in [1.54, 1.807) is 0 Å². The molecule has 0 heterocycles. The van der Waals surface area contributed by atoms with Crippen molar-refractivity contribution in [1.29, 1.82) is 0 Å². The average molecular weight is 203 g/mol. The summed E-state index contributed by atoms with van der Waals surface area (Å²) in [6, 6.07) is 0.435. The Morgan fingerprint density at radius 2 is 2.08 bits per heavy atom. The van der Waals surface area contributed by atoms with Crippen molar-refractivity contribution >= 4 is 17.4 Å². The predicted octanol–water partition coefficient (Wildman–Crippen LogP) is 2.87.